The Kier molecular flexibility index (Phi) is 3370. The van der Waals surface area contributed by atoms with Crippen molar-refractivity contribution in [3.63, 3.8) is 0 Å². The van der Waals surface area contributed by atoms with Crippen molar-refractivity contribution in [3.8, 4) is 0 Å². The normalized spacial score (nSPS) is 1.67. The summed E-state index contributed by atoms with van der Waals surface area (Å²) in [6, 6.07) is 0. The molecular formula is C4H20O2. The maximum Gasteiger partial charge on any atom is 0.106 e. The Hall–Kier alpha value is -0.370. The van der Waals surface area contributed by atoms with Crippen molar-refractivity contribution in [2.45, 2.75) is 14.9 Å². The quantitative estimate of drug-likeness (QED) is 0.500. The molecule has 1 N–H and O–H groups in total. The van der Waals surface area contributed by atoms with E-state index in [1.807, 2.05) is 6.79 Å². The van der Waals surface area contributed by atoms with E-state index in [4.69, 9.17) is 9.90 Å². The number of aliphatic hydroxyl groups is 1. The Morgan fingerprint density at radius 2 is 1.33 bits per heavy atom. The van der Waals surface area contributed by atoms with Crippen LogP contribution in [0.25, 0.3) is 0 Å². The monoisotopic (exact) mass is 100 g/mol. The highest BCUT2D eigenvalue weighted by Crippen LogP contribution is 0.755. The molecule has 0 heterocycles. The van der Waals surface area contributed by atoms with Crippen LogP contribution in [-0.4, -0.2) is 19.0 Å². The summed E-state index contributed by atoms with van der Waals surface area (Å²) in [4.78, 5) is 8.00. The molecule has 0 saturated carbocycles. The van der Waals surface area contributed by atoms with Crippen LogP contribution in [0.3, 0.4) is 0 Å². The summed E-state index contributed by atoms with van der Waals surface area (Å²) in [6.07, 6.45) is 0. The molecule has 0 amide bonds. The maximum atomic E-state index is 8.00. The van der Waals surface area contributed by atoms with Crippen molar-refractivity contribution in [1.82, 2.24) is 0 Å². The van der Waals surface area contributed by atoms with Gasteiger partial charge in [-0.1, -0.05) is 14.9 Å². The largest absolute Gasteiger partial charge is 0.400 e. The summed E-state index contributed by atoms with van der Waals surface area (Å²) < 4.78 is 0. The molecule has 2 heteroatoms. The highest BCUT2D eigenvalue weighted by atomic mass is 16.2. The van der Waals surface area contributed by atoms with Gasteiger partial charge in [0.25, 0.3) is 0 Å². The molecule has 0 rings (SSSR count). The zero-order valence-corrected chi connectivity index (χ0v) is 2.56. The fourth-order valence-corrected chi connectivity index (χ4v) is 0. The van der Waals surface area contributed by atoms with Gasteiger partial charge in [0.2, 0.25) is 0 Å². The number of aliphatic hydroxyl groups excluding tert-OH is 1. The minimum absolute atomic E-state index is 0. The first-order chi connectivity index (χ1) is 2.00. The van der Waals surface area contributed by atoms with Gasteiger partial charge in [-0.15, -0.1) is 0 Å². The second kappa shape index (κ2) is 446. The Morgan fingerprint density at radius 3 is 1.33 bits per heavy atom. The first-order valence-corrected chi connectivity index (χ1v) is 0.736. The third-order valence-electron chi connectivity index (χ3n) is 0. The lowest BCUT2D eigenvalue weighted by molar-refractivity contribution is -0.0979. The fourth-order valence-electron chi connectivity index (χ4n) is 0. The Bertz CT molecular complexity index is 13.8. The van der Waals surface area contributed by atoms with Gasteiger partial charge in [-0.3, -0.25) is 0 Å². The number of carbonyl (C=O) groups is 1. The van der Waals surface area contributed by atoms with Gasteiger partial charge < -0.3 is 9.90 Å². The molecule has 0 aliphatic carbocycles. The predicted octanol–water partition coefficient (Wildman–Crippen LogP) is 1.43. The standard InChI is InChI=1S/CH4O.CH2O.2CH4.3H2/c2*1-2;;;;;/h2H,1H3;1H2;2*1H4;3*1H. The molecular weight excluding hydrogens is 80.0 g/mol. The van der Waals surface area contributed by atoms with Crippen LogP contribution in [0.15, 0.2) is 0 Å². The minimum atomic E-state index is 0. The molecule has 0 spiro atoms. The van der Waals surface area contributed by atoms with E-state index >= 15 is 0 Å². The topological polar surface area (TPSA) is 37.3 Å². The third-order valence-corrected chi connectivity index (χ3v) is 0. The summed E-state index contributed by atoms with van der Waals surface area (Å²) in [6.45, 7) is 2.00. The number of carbonyl (C=O) groups excluding carboxylic acids is 1. The summed E-state index contributed by atoms with van der Waals surface area (Å²) in [5.74, 6) is 0. The van der Waals surface area contributed by atoms with Crippen LogP contribution in [0, 0.1) is 0 Å². The van der Waals surface area contributed by atoms with E-state index in [1.165, 1.54) is 0 Å². The minimum Gasteiger partial charge on any atom is -0.400 e. The molecule has 0 aromatic rings. The molecule has 0 radical (unpaired) electrons. The lowest BCUT2D eigenvalue weighted by Gasteiger charge is -1.21. The van der Waals surface area contributed by atoms with E-state index < -0.39 is 0 Å². The lowest BCUT2D eigenvalue weighted by Crippen LogP contribution is -1.25. The summed E-state index contributed by atoms with van der Waals surface area (Å²) >= 11 is 0. The smallest absolute Gasteiger partial charge is 0.106 e. The van der Waals surface area contributed by atoms with Crippen LogP contribution in [0.5, 0.6) is 0 Å². The molecule has 0 unspecified atom stereocenters. The average Bonchev–Trinajstić information content (AvgIpc) is 1.50. The number of hydrogen-bond donors (Lipinski definition) is 1. The van der Waals surface area contributed by atoms with Crippen LogP contribution in [0.2, 0.25) is 0 Å². The molecule has 48 valence electrons. The molecule has 6 heavy (non-hydrogen) atoms. The highest BCUT2D eigenvalue weighted by molar-refractivity contribution is 5.10. The third kappa shape index (κ3) is 183. The first kappa shape index (κ1) is 45.4. The molecule has 0 aliphatic heterocycles. The van der Waals surface area contributed by atoms with E-state index in [2.05, 4.69) is 0 Å². The summed E-state index contributed by atoms with van der Waals surface area (Å²) in [5, 5.41) is 7.00. The Balaban J connectivity index is -0.00000000114. The highest BCUT2D eigenvalue weighted by Gasteiger charge is 0.839. The first-order valence-electron chi connectivity index (χ1n) is 0.736. The van der Waals surface area contributed by atoms with Gasteiger partial charge in [-0.25, -0.2) is 0 Å². The van der Waals surface area contributed by atoms with Gasteiger partial charge in [0.15, 0.2) is 0 Å². The fraction of sp³-hybridized carbons (Fsp3) is 0.750. The Labute approximate surface area is 44.3 Å². The zero-order valence-electron chi connectivity index (χ0n) is 2.56. The van der Waals surface area contributed by atoms with Crippen molar-refractivity contribution < 1.29 is 14.2 Å². The maximum absolute atomic E-state index is 8.00. The van der Waals surface area contributed by atoms with E-state index in [0.29, 0.717) is 0 Å². The molecule has 0 bridgehead atoms. The SMILES string of the molecule is C.C.C=O.CO.[HH].[HH].[HH]. The Morgan fingerprint density at radius 1 is 1.33 bits per heavy atom. The van der Waals surface area contributed by atoms with Gasteiger partial charge in [0, 0.05) is 11.4 Å². The van der Waals surface area contributed by atoms with E-state index in [-0.39, 0.29) is 19.1 Å². The van der Waals surface area contributed by atoms with E-state index in [1.54, 1.807) is 0 Å². The van der Waals surface area contributed by atoms with Gasteiger partial charge in [0.1, 0.15) is 6.79 Å². The molecule has 0 aromatic heterocycles. The van der Waals surface area contributed by atoms with Crippen molar-refractivity contribution >= 4 is 6.79 Å². The lowest BCUT2D eigenvalue weighted by atomic mass is 11.8. The van der Waals surface area contributed by atoms with Crippen molar-refractivity contribution in [1.29, 1.82) is 0 Å². The number of rotatable bonds is 0. The van der Waals surface area contributed by atoms with E-state index in [0.717, 1.165) is 7.11 Å². The second-order valence-corrected chi connectivity index (χ2v) is 0. The summed E-state index contributed by atoms with van der Waals surface area (Å²) in [7, 11) is 1.00. The van der Waals surface area contributed by atoms with Gasteiger partial charge in [0.05, 0.1) is 0 Å². The predicted molar refractivity (Wildman–Crippen MR) is 35.1 cm³/mol. The second-order valence-electron chi connectivity index (χ2n) is 0. The van der Waals surface area contributed by atoms with Gasteiger partial charge in [-0.05, 0) is 0 Å². The van der Waals surface area contributed by atoms with E-state index in [9.17, 15) is 0 Å². The number of hydrogen-bond acceptors (Lipinski definition) is 2. The van der Waals surface area contributed by atoms with Crippen LogP contribution < -0.4 is 0 Å². The molecule has 2 nitrogen and oxygen atoms in total. The molecule has 0 aromatic carbocycles. The average molecular weight is 100 g/mol. The molecule has 0 aliphatic rings. The van der Waals surface area contributed by atoms with Crippen LogP contribution in [0.4, 0.5) is 0 Å². The molecule has 0 fully saturated rings. The van der Waals surface area contributed by atoms with Crippen LogP contribution in [-0.2, 0) is 4.79 Å². The zero-order chi connectivity index (χ0) is 4.00. The van der Waals surface area contributed by atoms with Crippen LogP contribution >= 0.6 is 0 Å². The molecule has 0 atom stereocenters. The van der Waals surface area contributed by atoms with Crippen molar-refractivity contribution in [2.24, 2.45) is 0 Å². The van der Waals surface area contributed by atoms with Crippen molar-refractivity contribution in [2.75, 3.05) is 7.11 Å². The molecule has 0 saturated heterocycles. The van der Waals surface area contributed by atoms with Gasteiger partial charge >= 0.3 is 0 Å². The van der Waals surface area contributed by atoms with Crippen molar-refractivity contribution in [3.05, 3.63) is 0 Å². The van der Waals surface area contributed by atoms with Gasteiger partial charge in [-0.2, -0.15) is 0 Å². The summed E-state index contributed by atoms with van der Waals surface area (Å²) in [5.41, 5.74) is 0. The van der Waals surface area contributed by atoms with Crippen LogP contribution in [0.1, 0.15) is 19.1 Å².